The zero-order valence-electron chi connectivity index (χ0n) is 12.0. The van der Waals surface area contributed by atoms with Gasteiger partial charge >= 0.3 is 0 Å². The van der Waals surface area contributed by atoms with Gasteiger partial charge in [0.25, 0.3) is 0 Å². The Balaban J connectivity index is 1.43. The Bertz CT molecular complexity index is 729. The molecule has 2 aromatic rings. The number of halogens is 1. The number of anilines is 1. The maximum Gasteiger partial charge on any atom is 0.229 e. The van der Waals surface area contributed by atoms with Crippen molar-refractivity contribution in [2.45, 2.75) is 31.1 Å². The van der Waals surface area contributed by atoms with Crippen LogP contribution in [0, 0.1) is 5.92 Å². The number of hydrogen-bond donors (Lipinski definition) is 1. The molecule has 2 atom stereocenters. The van der Waals surface area contributed by atoms with Crippen LogP contribution in [0.1, 0.15) is 42.2 Å². The van der Waals surface area contributed by atoms with Crippen LogP contribution in [0.15, 0.2) is 36.7 Å². The van der Waals surface area contributed by atoms with E-state index in [4.69, 9.17) is 11.6 Å². The van der Waals surface area contributed by atoms with Crippen LogP contribution in [-0.4, -0.2) is 15.9 Å². The summed E-state index contributed by atoms with van der Waals surface area (Å²) in [6.45, 7) is 0. The molecule has 0 saturated heterocycles. The standard InChI is InChI=1S/C17H16ClN3O/c18-15-8-16(20-9-19-15)21-17(22)14-7-13(14)12-3-1-2-11(6-12)10-4-5-10/h1-3,6,8-10,13-14H,4-5,7H2,(H,19,20,21,22)/t13-,14?/m1/s1. The quantitative estimate of drug-likeness (QED) is 0.875. The normalized spacial score (nSPS) is 23.1. The van der Waals surface area contributed by atoms with Gasteiger partial charge in [-0.15, -0.1) is 0 Å². The monoisotopic (exact) mass is 313 g/mol. The molecule has 4 rings (SSSR count). The number of carbonyl (C=O) groups is 1. The molecule has 5 heteroatoms. The molecule has 22 heavy (non-hydrogen) atoms. The lowest BCUT2D eigenvalue weighted by Gasteiger charge is -2.05. The van der Waals surface area contributed by atoms with E-state index in [9.17, 15) is 4.79 Å². The van der Waals surface area contributed by atoms with Crippen molar-refractivity contribution in [2.75, 3.05) is 5.32 Å². The van der Waals surface area contributed by atoms with Gasteiger partial charge in [-0.05, 0) is 42.2 Å². The molecule has 1 heterocycles. The number of nitrogens with one attached hydrogen (secondary N) is 1. The third-order valence-electron chi connectivity index (χ3n) is 4.40. The van der Waals surface area contributed by atoms with Crippen LogP contribution < -0.4 is 5.32 Å². The van der Waals surface area contributed by atoms with Crippen LogP contribution in [0.4, 0.5) is 5.82 Å². The second-order valence-corrected chi connectivity index (χ2v) is 6.50. The predicted molar refractivity (Wildman–Crippen MR) is 84.9 cm³/mol. The fraction of sp³-hybridized carbons (Fsp3) is 0.353. The molecule has 0 radical (unpaired) electrons. The Morgan fingerprint density at radius 2 is 2.00 bits per heavy atom. The van der Waals surface area contributed by atoms with Crippen molar-refractivity contribution in [1.82, 2.24) is 9.97 Å². The minimum absolute atomic E-state index is 0.0107. The van der Waals surface area contributed by atoms with Crippen LogP contribution in [0.2, 0.25) is 5.15 Å². The average Bonchev–Trinajstić information content (AvgIpc) is 3.39. The van der Waals surface area contributed by atoms with Crippen LogP contribution in [-0.2, 0) is 4.79 Å². The van der Waals surface area contributed by atoms with E-state index in [0.717, 1.165) is 12.3 Å². The highest BCUT2D eigenvalue weighted by Crippen LogP contribution is 2.49. The maximum absolute atomic E-state index is 12.3. The van der Waals surface area contributed by atoms with Gasteiger partial charge in [0, 0.05) is 12.0 Å². The summed E-state index contributed by atoms with van der Waals surface area (Å²) in [5, 5.41) is 3.15. The number of nitrogens with zero attached hydrogens (tertiary/aromatic N) is 2. The van der Waals surface area contributed by atoms with Crippen LogP contribution in [0.3, 0.4) is 0 Å². The number of carbonyl (C=O) groups excluding carboxylic acids is 1. The lowest BCUT2D eigenvalue weighted by Crippen LogP contribution is -2.15. The van der Waals surface area contributed by atoms with Gasteiger partial charge in [0.05, 0.1) is 0 Å². The second-order valence-electron chi connectivity index (χ2n) is 6.11. The highest BCUT2D eigenvalue weighted by Gasteiger charge is 2.44. The Kier molecular flexibility index (Phi) is 3.34. The summed E-state index contributed by atoms with van der Waals surface area (Å²) in [4.78, 5) is 20.1. The molecule has 0 aliphatic heterocycles. The van der Waals surface area contributed by atoms with Gasteiger partial charge in [-0.25, -0.2) is 9.97 Å². The fourth-order valence-corrected chi connectivity index (χ4v) is 3.08. The van der Waals surface area contributed by atoms with Gasteiger partial charge in [0.1, 0.15) is 17.3 Å². The molecule has 2 saturated carbocycles. The highest BCUT2D eigenvalue weighted by molar-refractivity contribution is 6.29. The summed E-state index contributed by atoms with van der Waals surface area (Å²) in [5.41, 5.74) is 2.71. The largest absolute Gasteiger partial charge is 0.310 e. The Morgan fingerprint density at radius 3 is 2.77 bits per heavy atom. The Labute approximate surface area is 133 Å². The van der Waals surface area contributed by atoms with Crippen LogP contribution in [0.5, 0.6) is 0 Å². The van der Waals surface area contributed by atoms with E-state index < -0.39 is 0 Å². The summed E-state index contributed by atoms with van der Waals surface area (Å²) < 4.78 is 0. The summed E-state index contributed by atoms with van der Waals surface area (Å²) in [5.74, 6) is 1.58. The fourth-order valence-electron chi connectivity index (χ4n) is 2.93. The minimum Gasteiger partial charge on any atom is -0.310 e. The number of hydrogen-bond acceptors (Lipinski definition) is 3. The maximum atomic E-state index is 12.3. The van der Waals surface area contributed by atoms with Crippen molar-refractivity contribution >= 4 is 23.3 Å². The first-order chi connectivity index (χ1) is 10.7. The van der Waals surface area contributed by atoms with E-state index in [2.05, 4.69) is 39.6 Å². The van der Waals surface area contributed by atoms with Crippen LogP contribution in [0.25, 0.3) is 0 Å². The third-order valence-corrected chi connectivity index (χ3v) is 4.61. The number of benzene rings is 1. The molecule has 0 spiro atoms. The zero-order chi connectivity index (χ0) is 15.1. The Morgan fingerprint density at radius 1 is 1.18 bits per heavy atom. The first kappa shape index (κ1) is 13.7. The molecule has 1 aromatic carbocycles. The lowest BCUT2D eigenvalue weighted by molar-refractivity contribution is -0.117. The highest BCUT2D eigenvalue weighted by atomic mass is 35.5. The molecule has 0 bridgehead atoms. The van der Waals surface area contributed by atoms with Crippen molar-refractivity contribution in [3.8, 4) is 0 Å². The molecule has 1 N–H and O–H groups in total. The summed E-state index contributed by atoms with van der Waals surface area (Å²) in [7, 11) is 0. The average molecular weight is 314 g/mol. The lowest BCUT2D eigenvalue weighted by atomic mass is 10.0. The van der Waals surface area contributed by atoms with Gasteiger partial charge in [-0.3, -0.25) is 4.79 Å². The van der Waals surface area contributed by atoms with Gasteiger partial charge in [0.15, 0.2) is 0 Å². The number of amides is 1. The van der Waals surface area contributed by atoms with E-state index in [-0.39, 0.29) is 11.8 Å². The number of rotatable bonds is 4. The van der Waals surface area contributed by atoms with E-state index in [1.165, 1.54) is 30.3 Å². The van der Waals surface area contributed by atoms with Gasteiger partial charge in [0.2, 0.25) is 5.91 Å². The predicted octanol–water partition coefficient (Wildman–Crippen LogP) is 3.75. The van der Waals surface area contributed by atoms with Crippen molar-refractivity contribution < 1.29 is 4.79 Å². The molecule has 2 aliphatic carbocycles. The van der Waals surface area contributed by atoms with Crippen molar-refractivity contribution in [3.63, 3.8) is 0 Å². The van der Waals surface area contributed by atoms with Crippen LogP contribution >= 0.6 is 11.6 Å². The molecular weight excluding hydrogens is 298 g/mol. The zero-order valence-corrected chi connectivity index (χ0v) is 12.8. The summed E-state index contributed by atoms with van der Waals surface area (Å²) in [6.07, 6.45) is 4.85. The van der Waals surface area contributed by atoms with Crippen molar-refractivity contribution in [1.29, 1.82) is 0 Å². The molecule has 1 unspecified atom stereocenters. The molecule has 2 aliphatic rings. The Hall–Kier alpha value is -1.94. The summed E-state index contributed by atoms with van der Waals surface area (Å²) >= 11 is 5.80. The molecular formula is C17H16ClN3O. The van der Waals surface area contributed by atoms with E-state index in [0.29, 0.717) is 16.9 Å². The first-order valence-electron chi connectivity index (χ1n) is 7.59. The molecule has 112 valence electrons. The van der Waals surface area contributed by atoms with Crippen molar-refractivity contribution in [3.05, 3.63) is 52.9 Å². The first-order valence-corrected chi connectivity index (χ1v) is 7.97. The molecule has 4 nitrogen and oxygen atoms in total. The van der Waals surface area contributed by atoms with Crippen molar-refractivity contribution in [2.24, 2.45) is 5.92 Å². The third kappa shape index (κ3) is 2.83. The second kappa shape index (κ2) is 5.36. The minimum atomic E-state index is 0.0107. The van der Waals surface area contributed by atoms with Gasteiger partial charge in [-0.2, -0.15) is 0 Å². The van der Waals surface area contributed by atoms with E-state index in [1.54, 1.807) is 6.07 Å². The smallest absolute Gasteiger partial charge is 0.229 e. The molecule has 1 amide bonds. The van der Waals surface area contributed by atoms with Gasteiger partial charge < -0.3 is 5.32 Å². The van der Waals surface area contributed by atoms with Gasteiger partial charge in [-0.1, -0.05) is 35.9 Å². The topological polar surface area (TPSA) is 54.9 Å². The summed E-state index contributed by atoms with van der Waals surface area (Å²) in [6, 6.07) is 10.3. The molecule has 1 aromatic heterocycles. The van der Waals surface area contributed by atoms with E-state index >= 15 is 0 Å². The molecule has 2 fully saturated rings. The van der Waals surface area contributed by atoms with E-state index in [1.807, 2.05) is 0 Å². The SMILES string of the molecule is O=C(Nc1cc(Cl)ncn1)C1C[C@@H]1c1cccc(C2CC2)c1. The number of aromatic nitrogens is 2.